The average Bonchev–Trinajstić information content (AvgIpc) is 3.17. The summed E-state index contributed by atoms with van der Waals surface area (Å²) < 4.78 is 32.8. The quantitative estimate of drug-likeness (QED) is 0.0267. The lowest BCUT2D eigenvalue weighted by atomic mass is 10.0. The summed E-state index contributed by atoms with van der Waals surface area (Å²) in [7, 11) is -4.37. The van der Waals surface area contributed by atoms with Gasteiger partial charge in [-0.05, 0) is 38.5 Å². The Morgan fingerprint density at radius 2 is 0.891 bits per heavy atom. The predicted molar refractivity (Wildman–Crippen MR) is 229 cm³/mol. The summed E-state index contributed by atoms with van der Waals surface area (Å²) in [6.45, 7) is 3.76. The first-order valence-electron chi connectivity index (χ1n) is 23.2. The van der Waals surface area contributed by atoms with E-state index in [1.807, 2.05) is 0 Å². The minimum Gasteiger partial charge on any atom is -0.462 e. The van der Waals surface area contributed by atoms with Gasteiger partial charge in [0, 0.05) is 19.4 Å². The Labute approximate surface area is 339 Å². The largest absolute Gasteiger partial charge is 0.472 e. The van der Waals surface area contributed by atoms with Gasteiger partial charge >= 0.3 is 19.8 Å². The van der Waals surface area contributed by atoms with Crippen molar-refractivity contribution in [1.82, 2.24) is 0 Å². The van der Waals surface area contributed by atoms with Crippen LogP contribution in [0.4, 0.5) is 0 Å². The van der Waals surface area contributed by atoms with Gasteiger partial charge in [-0.25, -0.2) is 4.57 Å². The highest BCUT2D eigenvalue weighted by Gasteiger charge is 2.26. The zero-order valence-corrected chi connectivity index (χ0v) is 36.8. The van der Waals surface area contributed by atoms with E-state index in [2.05, 4.69) is 26.0 Å². The Morgan fingerprint density at radius 3 is 1.29 bits per heavy atom. The molecule has 0 saturated carbocycles. The van der Waals surface area contributed by atoms with Crippen LogP contribution < -0.4 is 5.73 Å². The first-order chi connectivity index (χ1) is 26.8. The monoisotopic (exact) mass is 802 g/mol. The van der Waals surface area contributed by atoms with Crippen molar-refractivity contribution in [3.05, 3.63) is 12.2 Å². The fraction of sp³-hybridized carbons (Fsp3) is 0.911. The van der Waals surface area contributed by atoms with Crippen molar-refractivity contribution in [2.75, 3.05) is 26.4 Å². The van der Waals surface area contributed by atoms with E-state index in [0.29, 0.717) is 6.42 Å². The summed E-state index contributed by atoms with van der Waals surface area (Å²) in [5, 5.41) is 0. The van der Waals surface area contributed by atoms with Crippen LogP contribution in [0.2, 0.25) is 0 Å². The number of hydrogen-bond acceptors (Lipinski definition) is 8. The molecule has 0 heterocycles. The molecule has 0 radical (unpaired) electrons. The van der Waals surface area contributed by atoms with E-state index in [4.69, 9.17) is 24.3 Å². The SMILES string of the molecule is CCCCCCCC/C=C\CCCCCCCCCCCC(=O)OC[C@H](COP(=O)(O)OCCN)OC(=O)CCCCCCCCCCCCCCCCC. The molecule has 1 unspecified atom stereocenters. The molecule has 0 aliphatic rings. The molecule has 9 nitrogen and oxygen atoms in total. The van der Waals surface area contributed by atoms with Crippen molar-refractivity contribution in [2.45, 2.75) is 238 Å². The summed E-state index contributed by atoms with van der Waals surface area (Å²) in [5.41, 5.74) is 5.35. The van der Waals surface area contributed by atoms with E-state index in [1.165, 1.54) is 167 Å². The molecule has 0 aliphatic heterocycles. The number of unbranched alkanes of at least 4 members (excludes halogenated alkanes) is 29. The molecule has 10 heteroatoms. The second-order valence-electron chi connectivity index (χ2n) is 15.6. The van der Waals surface area contributed by atoms with E-state index in [1.54, 1.807) is 0 Å². The van der Waals surface area contributed by atoms with Gasteiger partial charge in [-0.1, -0.05) is 193 Å². The first kappa shape index (κ1) is 53.8. The van der Waals surface area contributed by atoms with Crippen molar-refractivity contribution < 1.29 is 37.6 Å². The number of carbonyl (C=O) groups excluding carboxylic acids is 2. The zero-order valence-electron chi connectivity index (χ0n) is 35.9. The Morgan fingerprint density at radius 1 is 0.527 bits per heavy atom. The molecule has 3 N–H and O–H groups in total. The van der Waals surface area contributed by atoms with Gasteiger partial charge in [0.15, 0.2) is 6.10 Å². The van der Waals surface area contributed by atoms with Gasteiger partial charge in [-0.3, -0.25) is 18.6 Å². The minimum atomic E-state index is -4.37. The maximum absolute atomic E-state index is 12.6. The normalized spacial score (nSPS) is 13.3. The van der Waals surface area contributed by atoms with Crippen LogP contribution in [0.5, 0.6) is 0 Å². The number of carbonyl (C=O) groups is 2. The Hall–Kier alpha value is -1.25. The van der Waals surface area contributed by atoms with E-state index in [0.717, 1.165) is 32.1 Å². The maximum Gasteiger partial charge on any atom is 0.472 e. The lowest BCUT2D eigenvalue weighted by Gasteiger charge is -2.19. The van der Waals surface area contributed by atoms with Gasteiger partial charge < -0.3 is 20.1 Å². The molecule has 0 amide bonds. The lowest BCUT2D eigenvalue weighted by molar-refractivity contribution is -0.161. The van der Waals surface area contributed by atoms with Crippen LogP contribution in [0.25, 0.3) is 0 Å². The summed E-state index contributed by atoms with van der Waals surface area (Å²) in [4.78, 5) is 34.9. The van der Waals surface area contributed by atoms with Gasteiger partial charge in [0.2, 0.25) is 0 Å². The zero-order chi connectivity index (χ0) is 40.3. The third kappa shape index (κ3) is 42.2. The number of rotatable bonds is 44. The highest BCUT2D eigenvalue weighted by molar-refractivity contribution is 7.47. The smallest absolute Gasteiger partial charge is 0.462 e. The van der Waals surface area contributed by atoms with Crippen LogP contribution in [0.1, 0.15) is 232 Å². The summed E-state index contributed by atoms with van der Waals surface area (Å²) in [6, 6.07) is 0. The Bertz CT molecular complexity index is 917. The molecule has 0 aromatic heterocycles. The second-order valence-corrected chi connectivity index (χ2v) is 17.1. The van der Waals surface area contributed by atoms with E-state index >= 15 is 0 Å². The maximum atomic E-state index is 12.6. The van der Waals surface area contributed by atoms with Crippen molar-refractivity contribution in [2.24, 2.45) is 5.73 Å². The van der Waals surface area contributed by atoms with E-state index in [9.17, 15) is 19.0 Å². The van der Waals surface area contributed by atoms with Crippen LogP contribution in [0.3, 0.4) is 0 Å². The minimum absolute atomic E-state index is 0.0562. The summed E-state index contributed by atoms with van der Waals surface area (Å²) in [6.07, 6.45) is 43.8. The fourth-order valence-corrected chi connectivity index (χ4v) is 7.45. The fourth-order valence-electron chi connectivity index (χ4n) is 6.69. The molecule has 2 atom stereocenters. The number of allylic oxidation sites excluding steroid dienone is 2. The van der Waals surface area contributed by atoms with Gasteiger partial charge in [-0.15, -0.1) is 0 Å². The lowest BCUT2D eigenvalue weighted by Crippen LogP contribution is -2.29. The van der Waals surface area contributed by atoms with Gasteiger partial charge in [-0.2, -0.15) is 0 Å². The molecular weight excluding hydrogens is 713 g/mol. The van der Waals surface area contributed by atoms with E-state index < -0.39 is 26.5 Å². The Balaban J connectivity index is 4.07. The van der Waals surface area contributed by atoms with E-state index in [-0.39, 0.29) is 38.6 Å². The molecular formula is C45H88NO8P. The van der Waals surface area contributed by atoms with Gasteiger partial charge in [0.05, 0.1) is 13.2 Å². The van der Waals surface area contributed by atoms with Crippen molar-refractivity contribution in [1.29, 1.82) is 0 Å². The molecule has 0 saturated heterocycles. The molecule has 0 fully saturated rings. The first-order valence-corrected chi connectivity index (χ1v) is 24.7. The summed E-state index contributed by atoms with van der Waals surface area (Å²) >= 11 is 0. The molecule has 0 aliphatic carbocycles. The van der Waals surface area contributed by atoms with Crippen molar-refractivity contribution in [3.63, 3.8) is 0 Å². The molecule has 0 spiro atoms. The molecule has 0 rings (SSSR count). The summed E-state index contributed by atoms with van der Waals surface area (Å²) in [5.74, 6) is -0.818. The van der Waals surface area contributed by atoms with Crippen molar-refractivity contribution >= 4 is 19.8 Å². The predicted octanol–water partition coefficient (Wildman–Crippen LogP) is 13.4. The van der Waals surface area contributed by atoms with Gasteiger partial charge in [0.1, 0.15) is 6.61 Å². The number of nitrogens with two attached hydrogens (primary N) is 1. The number of phosphoric ester groups is 1. The number of hydrogen-bond donors (Lipinski definition) is 2. The van der Waals surface area contributed by atoms with Crippen LogP contribution in [-0.2, 0) is 32.7 Å². The molecule has 55 heavy (non-hydrogen) atoms. The Kier molecular flexibility index (Phi) is 41.4. The van der Waals surface area contributed by atoms with Crippen molar-refractivity contribution in [3.8, 4) is 0 Å². The molecule has 0 aromatic carbocycles. The van der Waals surface area contributed by atoms with Crippen LogP contribution in [0, 0.1) is 0 Å². The molecule has 326 valence electrons. The van der Waals surface area contributed by atoms with Crippen LogP contribution in [-0.4, -0.2) is 49.3 Å². The highest BCUT2D eigenvalue weighted by Crippen LogP contribution is 2.43. The second kappa shape index (κ2) is 42.4. The van der Waals surface area contributed by atoms with Crippen LogP contribution >= 0.6 is 7.82 Å². The highest BCUT2D eigenvalue weighted by atomic mass is 31.2. The third-order valence-corrected chi connectivity index (χ3v) is 11.1. The standard InChI is InChI=1S/C45H88NO8P/c1-3-5-7-9-11-13-15-17-19-20-21-22-24-25-27-29-31-33-35-37-44(47)51-41-43(42-53-55(49,50)52-40-39-46)54-45(48)38-36-34-32-30-28-26-23-18-16-14-12-10-8-6-4-2/h17,19,43H,3-16,18,20-42,46H2,1-2H3,(H,49,50)/b19-17-/t43-/m1/s1. The third-order valence-electron chi connectivity index (χ3n) is 10.2. The number of phosphoric acid groups is 1. The molecule has 0 aromatic rings. The topological polar surface area (TPSA) is 134 Å². The van der Waals surface area contributed by atoms with Gasteiger partial charge in [0.25, 0.3) is 0 Å². The number of ether oxygens (including phenoxy) is 2. The molecule has 0 bridgehead atoms. The van der Waals surface area contributed by atoms with Crippen LogP contribution in [0.15, 0.2) is 12.2 Å². The average molecular weight is 802 g/mol. The number of esters is 2.